The van der Waals surface area contributed by atoms with Crippen LogP contribution in [0.2, 0.25) is 0 Å². The number of rotatable bonds is 22. The Hall–Kier alpha value is -6.22. The SMILES string of the molecule is CC(=O)OC[C@H]1O[C@H](O[C@]2(COC(=O)/C=C/c3ccc(O)cc3)O[C@H](CO)[C@@H](O)[C@@H]2OC(=O)c2ccccc2)[C@H](O[C@@H]2O[C@H](CO)[C@@H](O)[C@H](O)[C@H]2O)[C@@H](O[C@@H]2O[C@H](CO)[C@@H](O)[C@H](O)[C@H]2O)[C@@H]1OC(=O)/C=C/c1ccc(O[C@@H]2O[C@@H](C)[C@H](O)[C@@H](O)[C@H]2O)cc1. The van der Waals surface area contributed by atoms with Crippen LogP contribution >= 0.6 is 0 Å². The van der Waals surface area contributed by atoms with Crippen molar-refractivity contribution in [3.05, 3.63) is 108 Å². The molecule has 0 bridgehead atoms. The first-order valence-corrected chi connectivity index (χ1v) is 27.6. The van der Waals surface area contributed by atoms with E-state index in [-0.39, 0.29) is 22.6 Å². The van der Waals surface area contributed by atoms with E-state index in [1.165, 1.54) is 91.9 Å². The van der Waals surface area contributed by atoms with Gasteiger partial charge in [-0.3, -0.25) is 4.79 Å². The average Bonchev–Trinajstić information content (AvgIpc) is 1.97. The zero-order valence-electron chi connectivity index (χ0n) is 46.8. The fraction of sp³-hybridized carbons (Fsp3) is 0.544. The molecular weight excluding hydrogens is 1180 g/mol. The first-order chi connectivity index (χ1) is 41.9. The van der Waals surface area contributed by atoms with Crippen LogP contribution in [0.5, 0.6) is 11.5 Å². The number of phenolic OH excluding ortho intramolecular Hbond substituents is 1. The molecule has 5 saturated heterocycles. The van der Waals surface area contributed by atoms with Gasteiger partial charge in [-0.1, -0.05) is 42.5 Å². The number of hydrogen-bond acceptors (Lipinski definition) is 31. The zero-order chi connectivity index (χ0) is 63.7. The number of hydrogen-bond donors (Lipinski definition) is 14. The molecule has 5 aliphatic heterocycles. The van der Waals surface area contributed by atoms with Crippen molar-refractivity contribution in [2.24, 2.45) is 0 Å². The molecule has 24 atom stereocenters. The third kappa shape index (κ3) is 15.8. The second kappa shape index (κ2) is 30.1. The van der Waals surface area contributed by atoms with Gasteiger partial charge in [-0.05, 0) is 66.6 Å². The van der Waals surface area contributed by atoms with Gasteiger partial charge < -0.3 is 133 Å². The monoisotopic (exact) mass is 1250 g/mol. The molecule has 5 heterocycles. The van der Waals surface area contributed by atoms with Gasteiger partial charge in [0.1, 0.15) is 122 Å². The minimum absolute atomic E-state index is 0.0946. The molecule has 31 heteroatoms. The molecule has 3 aromatic rings. The summed E-state index contributed by atoms with van der Waals surface area (Å²) >= 11 is 0. The Bertz CT molecular complexity index is 2820. The Labute approximate surface area is 500 Å². The van der Waals surface area contributed by atoms with Crippen LogP contribution in [0.3, 0.4) is 0 Å². The summed E-state index contributed by atoms with van der Waals surface area (Å²) in [6, 6.07) is 18.3. The van der Waals surface area contributed by atoms with Gasteiger partial charge >= 0.3 is 23.9 Å². The molecule has 0 amide bonds. The lowest BCUT2D eigenvalue weighted by Gasteiger charge is -2.50. The topological polar surface area (TPSA) is 471 Å². The summed E-state index contributed by atoms with van der Waals surface area (Å²) in [5, 5.41) is 150. The highest BCUT2D eigenvalue weighted by Crippen LogP contribution is 2.42. The summed E-state index contributed by atoms with van der Waals surface area (Å²) in [6.07, 6.45) is -40.7. The summed E-state index contributed by atoms with van der Waals surface area (Å²) < 4.78 is 77.4. The second-order valence-corrected chi connectivity index (χ2v) is 21.0. The molecule has 0 saturated carbocycles. The molecule has 31 nitrogen and oxygen atoms in total. The van der Waals surface area contributed by atoms with Gasteiger partial charge in [0, 0.05) is 19.1 Å². The predicted octanol–water partition coefficient (Wildman–Crippen LogP) is -4.87. The van der Waals surface area contributed by atoms with Gasteiger partial charge in [0.05, 0.1) is 31.5 Å². The van der Waals surface area contributed by atoms with E-state index in [1.54, 1.807) is 6.07 Å². The number of aromatic hydroxyl groups is 1. The third-order valence-electron chi connectivity index (χ3n) is 14.9. The van der Waals surface area contributed by atoms with E-state index in [9.17, 15) is 90.7 Å². The number of ether oxygens (including phenoxy) is 13. The molecular formula is C57H70O31. The third-order valence-corrected chi connectivity index (χ3v) is 14.9. The molecule has 3 aromatic carbocycles. The van der Waals surface area contributed by atoms with E-state index in [1.807, 2.05) is 0 Å². The zero-order valence-corrected chi connectivity index (χ0v) is 46.8. The van der Waals surface area contributed by atoms with Crippen molar-refractivity contribution in [2.45, 2.75) is 161 Å². The van der Waals surface area contributed by atoms with Gasteiger partial charge in [0.15, 0.2) is 31.1 Å². The van der Waals surface area contributed by atoms with E-state index in [2.05, 4.69) is 0 Å². The lowest BCUT2D eigenvalue weighted by molar-refractivity contribution is -0.421. The fourth-order valence-corrected chi connectivity index (χ4v) is 9.98. The second-order valence-electron chi connectivity index (χ2n) is 21.0. The van der Waals surface area contributed by atoms with Crippen LogP contribution in [0, 0.1) is 0 Å². The smallest absolute Gasteiger partial charge is 0.338 e. The fourth-order valence-electron chi connectivity index (χ4n) is 9.98. The number of benzene rings is 3. The normalized spacial score (nSPS) is 37.7. The molecule has 88 heavy (non-hydrogen) atoms. The summed E-state index contributed by atoms with van der Waals surface area (Å²) in [7, 11) is 0. The van der Waals surface area contributed by atoms with Crippen LogP contribution in [0.25, 0.3) is 12.2 Å². The van der Waals surface area contributed by atoms with Crippen molar-refractivity contribution in [2.75, 3.05) is 33.0 Å². The lowest BCUT2D eigenvalue weighted by Crippen LogP contribution is -2.69. The molecule has 0 aromatic heterocycles. The average molecular weight is 1250 g/mol. The van der Waals surface area contributed by atoms with E-state index in [0.717, 1.165) is 19.1 Å². The van der Waals surface area contributed by atoms with Gasteiger partial charge in [0.25, 0.3) is 0 Å². The van der Waals surface area contributed by atoms with Crippen LogP contribution < -0.4 is 4.74 Å². The van der Waals surface area contributed by atoms with Crippen molar-refractivity contribution in [3.63, 3.8) is 0 Å². The van der Waals surface area contributed by atoms with Crippen molar-refractivity contribution < 1.29 is 152 Å². The maximum absolute atomic E-state index is 14.3. The quantitative estimate of drug-likeness (QED) is 0.0255. The predicted molar refractivity (Wildman–Crippen MR) is 286 cm³/mol. The number of aliphatic hydroxyl groups is 13. The van der Waals surface area contributed by atoms with Gasteiger partial charge in [0.2, 0.25) is 12.1 Å². The van der Waals surface area contributed by atoms with E-state index in [4.69, 9.17) is 61.6 Å². The van der Waals surface area contributed by atoms with Gasteiger partial charge in [-0.2, -0.15) is 0 Å². The van der Waals surface area contributed by atoms with Crippen LogP contribution in [-0.4, -0.2) is 275 Å². The molecule has 0 radical (unpaired) electrons. The van der Waals surface area contributed by atoms with Crippen molar-refractivity contribution in [1.29, 1.82) is 0 Å². The van der Waals surface area contributed by atoms with E-state index in [0.29, 0.717) is 5.56 Å². The highest BCUT2D eigenvalue weighted by molar-refractivity contribution is 5.90. The summed E-state index contributed by atoms with van der Waals surface area (Å²) in [5.74, 6) is -7.51. The Morgan fingerprint density at radius 3 is 1.61 bits per heavy atom. The van der Waals surface area contributed by atoms with E-state index < -0.39 is 204 Å². The summed E-state index contributed by atoms with van der Waals surface area (Å²) in [5.41, 5.74) is 0.547. The number of esters is 4. The van der Waals surface area contributed by atoms with Crippen molar-refractivity contribution >= 4 is 36.0 Å². The standard InChI is InChI=1S/C57H70O31/c1-25-38(65)42(69)45(72)53(78-25)79-31-16-10-28(11-17-31)13-19-37(64)83-48-35(23-76-26(2)61)82-56(50(85-55-47(74)44(71)40(67)33(21-59)81-55)49(48)84-54-46(73)43(70)39(66)32(20-58)80-54)88-57(24-77-36(63)18-12-27-8-14-30(62)15-9-27)51(41(68)34(22-60)87-57)86-52(75)29-6-4-3-5-7-29/h3-19,25,32-35,38-51,53-56,58-60,62,65-74H,20-24H2,1-2H3/b18-12+,19-13+/t25-,32+,33+,34+,35+,38-,39+,40+,41+,42+,43-,44-,45+,46+,47+,48+,49-,50+,51-,53-,54-,55-,56+,57-/m0/s1. The maximum atomic E-state index is 14.3. The molecule has 14 N–H and O–H groups in total. The van der Waals surface area contributed by atoms with Crippen LogP contribution in [0.15, 0.2) is 91.0 Å². The Kier molecular flexibility index (Phi) is 23.1. The molecule has 5 aliphatic rings. The highest BCUT2D eigenvalue weighted by atomic mass is 16.8. The molecule has 5 fully saturated rings. The summed E-state index contributed by atoms with van der Waals surface area (Å²) in [4.78, 5) is 54.6. The van der Waals surface area contributed by atoms with Crippen LogP contribution in [0.1, 0.15) is 35.3 Å². The minimum atomic E-state index is -2.93. The Morgan fingerprint density at radius 2 is 1.05 bits per heavy atom. The highest BCUT2D eigenvalue weighted by Gasteiger charge is 2.64. The van der Waals surface area contributed by atoms with Crippen LogP contribution in [-0.2, 0) is 71.2 Å². The summed E-state index contributed by atoms with van der Waals surface area (Å²) in [6.45, 7) is -2.88. The van der Waals surface area contributed by atoms with Crippen molar-refractivity contribution in [1.82, 2.24) is 0 Å². The van der Waals surface area contributed by atoms with E-state index >= 15 is 0 Å². The molecule has 8 rings (SSSR count). The first kappa shape index (κ1) is 67.7. The first-order valence-electron chi connectivity index (χ1n) is 27.6. The molecule has 0 spiro atoms. The number of carbonyl (C=O) groups excluding carboxylic acids is 4. The lowest BCUT2D eigenvalue weighted by atomic mass is 9.95. The maximum Gasteiger partial charge on any atom is 0.338 e. The number of phenols is 1. The number of aliphatic hydroxyl groups excluding tert-OH is 13. The molecule has 484 valence electrons. The molecule has 0 unspecified atom stereocenters. The Balaban J connectivity index is 1.22. The van der Waals surface area contributed by atoms with Gasteiger partial charge in [-0.15, -0.1) is 0 Å². The molecule has 0 aliphatic carbocycles. The number of carbonyl (C=O) groups is 4. The van der Waals surface area contributed by atoms with Gasteiger partial charge in [-0.25, -0.2) is 14.4 Å². The largest absolute Gasteiger partial charge is 0.508 e. The van der Waals surface area contributed by atoms with Crippen molar-refractivity contribution in [3.8, 4) is 11.5 Å². The minimum Gasteiger partial charge on any atom is -0.508 e. The van der Waals surface area contributed by atoms with Crippen LogP contribution in [0.4, 0.5) is 0 Å². The Morgan fingerprint density at radius 1 is 0.523 bits per heavy atom.